The highest BCUT2D eigenvalue weighted by Crippen LogP contribution is 2.19. The number of fused-ring (bicyclic) bond motifs is 1. The van der Waals surface area contributed by atoms with Crippen molar-refractivity contribution in [3.05, 3.63) is 60.4 Å². The van der Waals surface area contributed by atoms with Gasteiger partial charge in [0.05, 0.1) is 13.7 Å². The molecule has 0 aliphatic carbocycles. The van der Waals surface area contributed by atoms with Crippen molar-refractivity contribution < 1.29 is 28.3 Å². The molecule has 150 valence electrons. The number of likely N-dealkylation sites (N-methyl/N-ethyl adjacent to an activating group) is 1. The van der Waals surface area contributed by atoms with E-state index in [1.807, 2.05) is 6.07 Å². The van der Waals surface area contributed by atoms with E-state index >= 15 is 0 Å². The lowest BCUT2D eigenvalue weighted by Crippen LogP contribution is -2.37. The third kappa shape index (κ3) is 5.13. The zero-order valence-electron chi connectivity index (χ0n) is 16.0. The summed E-state index contributed by atoms with van der Waals surface area (Å²) in [6.45, 7) is -0.697. The minimum Gasteiger partial charge on any atom is -0.497 e. The first kappa shape index (κ1) is 19.9. The molecule has 1 heterocycles. The number of benzene rings is 2. The molecule has 1 aromatic heterocycles. The Morgan fingerprint density at radius 3 is 2.62 bits per heavy atom. The summed E-state index contributed by atoms with van der Waals surface area (Å²) >= 11 is 0. The van der Waals surface area contributed by atoms with Gasteiger partial charge in [-0.05, 0) is 24.3 Å². The molecule has 8 heteroatoms. The van der Waals surface area contributed by atoms with Gasteiger partial charge < -0.3 is 24.1 Å². The quantitative estimate of drug-likeness (QED) is 0.617. The third-order valence-corrected chi connectivity index (χ3v) is 4.11. The van der Waals surface area contributed by atoms with Gasteiger partial charge in [0.25, 0.3) is 5.91 Å². The Morgan fingerprint density at radius 2 is 1.86 bits per heavy atom. The van der Waals surface area contributed by atoms with Crippen molar-refractivity contribution in [3.8, 4) is 5.75 Å². The Bertz CT molecular complexity index is 1010. The van der Waals surface area contributed by atoms with Gasteiger partial charge in [-0.3, -0.25) is 9.59 Å². The number of esters is 1. The summed E-state index contributed by atoms with van der Waals surface area (Å²) in [6.07, 6.45) is 0. The number of methoxy groups -OCH3 is 1. The number of hydrogen-bond acceptors (Lipinski definition) is 6. The highest BCUT2D eigenvalue weighted by atomic mass is 16.5. The highest BCUT2D eigenvalue weighted by Gasteiger charge is 2.18. The number of anilines is 1. The Labute approximate surface area is 167 Å². The zero-order valence-corrected chi connectivity index (χ0v) is 16.0. The van der Waals surface area contributed by atoms with E-state index in [-0.39, 0.29) is 12.3 Å². The average Bonchev–Trinajstić information content (AvgIpc) is 3.16. The molecule has 3 rings (SSSR count). The highest BCUT2D eigenvalue weighted by molar-refractivity contribution is 5.96. The van der Waals surface area contributed by atoms with E-state index in [9.17, 15) is 14.4 Å². The molecule has 1 N–H and O–H groups in total. The van der Waals surface area contributed by atoms with Crippen LogP contribution in [-0.4, -0.2) is 50.0 Å². The maximum atomic E-state index is 12.2. The summed E-state index contributed by atoms with van der Waals surface area (Å²) in [5.41, 5.74) is 1.10. The van der Waals surface area contributed by atoms with E-state index in [2.05, 4.69) is 5.32 Å². The van der Waals surface area contributed by atoms with Crippen LogP contribution < -0.4 is 10.1 Å². The predicted molar refractivity (Wildman–Crippen MR) is 106 cm³/mol. The summed E-state index contributed by atoms with van der Waals surface area (Å²) in [5, 5.41) is 3.43. The molecule has 2 amide bonds. The molecule has 29 heavy (non-hydrogen) atoms. The van der Waals surface area contributed by atoms with Gasteiger partial charge in [-0.15, -0.1) is 0 Å². The molecule has 0 spiro atoms. The number of nitrogens with zero attached hydrogens (tertiary/aromatic N) is 1. The van der Waals surface area contributed by atoms with Gasteiger partial charge in [-0.25, -0.2) is 4.79 Å². The lowest BCUT2D eigenvalue weighted by Gasteiger charge is -2.16. The smallest absolute Gasteiger partial charge is 0.374 e. The molecule has 0 fully saturated rings. The van der Waals surface area contributed by atoms with E-state index in [1.165, 1.54) is 19.1 Å². The molecular weight excluding hydrogens is 376 g/mol. The summed E-state index contributed by atoms with van der Waals surface area (Å²) in [7, 11) is 2.97. The van der Waals surface area contributed by atoms with Crippen LogP contribution in [-0.2, 0) is 14.3 Å². The first-order valence-electron chi connectivity index (χ1n) is 8.80. The van der Waals surface area contributed by atoms with Gasteiger partial charge in [0.2, 0.25) is 11.7 Å². The molecule has 0 unspecified atom stereocenters. The van der Waals surface area contributed by atoms with E-state index in [1.54, 1.807) is 48.5 Å². The van der Waals surface area contributed by atoms with E-state index in [0.29, 0.717) is 17.0 Å². The van der Waals surface area contributed by atoms with Gasteiger partial charge in [-0.1, -0.05) is 24.3 Å². The molecular formula is C21H20N2O6. The maximum Gasteiger partial charge on any atom is 0.374 e. The summed E-state index contributed by atoms with van der Waals surface area (Å²) in [6, 6.07) is 15.5. The van der Waals surface area contributed by atoms with Crippen molar-refractivity contribution in [1.29, 1.82) is 0 Å². The lowest BCUT2D eigenvalue weighted by molar-refractivity contribution is -0.136. The second-order valence-corrected chi connectivity index (χ2v) is 6.25. The maximum absolute atomic E-state index is 12.2. The number of hydrogen-bond donors (Lipinski definition) is 1. The monoisotopic (exact) mass is 396 g/mol. The number of rotatable bonds is 7. The normalized spacial score (nSPS) is 10.4. The van der Waals surface area contributed by atoms with E-state index in [4.69, 9.17) is 13.9 Å². The number of ether oxygens (including phenoxy) is 2. The van der Waals surface area contributed by atoms with Crippen LogP contribution >= 0.6 is 0 Å². The summed E-state index contributed by atoms with van der Waals surface area (Å²) in [4.78, 5) is 37.5. The lowest BCUT2D eigenvalue weighted by atomic mass is 10.2. The van der Waals surface area contributed by atoms with Crippen LogP contribution in [0.3, 0.4) is 0 Å². The molecule has 0 saturated carbocycles. The zero-order chi connectivity index (χ0) is 20.8. The van der Waals surface area contributed by atoms with Gasteiger partial charge in [0.1, 0.15) is 11.3 Å². The topological polar surface area (TPSA) is 98.1 Å². The minimum atomic E-state index is -0.746. The molecule has 0 saturated heterocycles. The van der Waals surface area contributed by atoms with Crippen molar-refractivity contribution in [1.82, 2.24) is 4.90 Å². The van der Waals surface area contributed by atoms with Crippen LogP contribution in [0.15, 0.2) is 59.0 Å². The Kier molecular flexibility index (Phi) is 6.13. The fourth-order valence-electron chi connectivity index (χ4n) is 2.60. The molecule has 0 aliphatic rings. The van der Waals surface area contributed by atoms with Crippen molar-refractivity contribution in [2.24, 2.45) is 0 Å². The van der Waals surface area contributed by atoms with Gasteiger partial charge >= 0.3 is 5.97 Å². The molecule has 8 nitrogen and oxygen atoms in total. The Morgan fingerprint density at radius 1 is 1.07 bits per heavy atom. The van der Waals surface area contributed by atoms with Crippen LogP contribution in [0.1, 0.15) is 10.6 Å². The number of nitrogens with one attached hydrogen (secondary N) is 1. The first-order valence-corrected chi connectivity index (χ1v) is 8.80. The minimum absolute atomic E-state index is 0.0115. The van der Waals surface area contributed by atoms with Crippen molar-refractivity contribution in [3.63, 3.8) is 0 Å². The molecule has 0 aliphatic heterocycles. The third-order valence-electron chi connectivity index (χ3n) is 4.11. The largest absolute Gasteiger partial charge is 0.497 e. The number of amides is 2. The number of carbonyl (C=O) groups excluding carboxylic acids is 3. The van der Waals surface area contributed by atoms with Gasteiger partial charge in [0.15, 0.2) is 6.61 Å². The first-order chi connectivity index (χ1) is 14.0. The average molecular weight is 396 g/mol. The van der Waals surface area contributed by atoms with E-state index in [0.717, 1.165) is 5.39 Å². The van der Waals surface area contributed by atoms with Crippen LogP contribution in [0.4, 0.5) is 5.69 Å². The van der Waals surface area contributed by atoms with E-state index < -0.39 is 24.4 Å². The fourth-order valence-corrected chi connectivity index (χ4v) is 2.60. The Balaban J connectivity index is 1.49. The Hall–Kier alpha value is -3.81. The molecule has 2 aromatic carbocycles. The SMILES string of the molecule is COc1cccc(NC(=O)CN(C)C(=O)COC(=O)c2cc3ccccc3o2)c1. The number of para-hydroxylation sites is 1. The second-order valence-electron chi connectivity index (χ2n) is 6.25. The molecule has 0 bridgehead atoms. The van der Waals surface area contributed by atoms with Gasteiger partial charge in [-0.2, -0.15) is 0 Å². The number of furan rings is 1. The van der Waals surface area contributed by atoms with Crippen LogP contribution in [0.25, 0.3) is 11.0 Å². The standard InChI is InChI=1S/C21H20N2O6/c1-23(12-19(24)22-15-7-5-8-16(11-15)27-2)20(25)13-28-21(26)18-10-14-6-3-4-9-17(14)29-18/h3-11H,12-13H2,1-2H3,(H,22,24). The van der Waals surface area contributed by atoms with Crippen molar-refractivity contribution in [2.75, 3.05) is 32.6 Å². The molecule has 3 aromatic rings. The second kappa shape index (κ2) is 8.92. The van der Waals surface area contributed by atoms with Crippen LogP contribution in [0, 0.1) is 0 Å². The predicted octanol–water partition coefficient (Wildman–Crippen LogP) is 2.70. The summed E-state index contributed by atoms with van der Waals surface area (Å²) < 4.78 is 15.5. The molecule has 0 atom stereocenters. The molecule has 0 radical (unpaired) electrons. The fraction of sp³-hybridized carbons (Fsp3) is 0.190. The van der Waals surface area contributed by atoms with Crippen molar-refractivity contribution in [2.45, 2.75) is 0 Å². The number of carbonyl (C=O) groups is 3. The van der Waals surface area contributed by atoms with Crippen molar-refractivity contribution >= 4 is 34.4 Å². The van der Waals surface area contributed by atoms with Crippen LogP contribution in [0.5, 0.6) is 5.75 Å². The summed E-state index contributed by atoms with van der Waals surface area (Å²) in [5.74, 6) is -1.04. The van der Waals surface area contributed by atoms with Crippen LogP contribution in [0.2, 0.25) is 0 Å². The van der Waals surface area contributed by atoms with Gasteiger partial charge in [0, 0.05) is 24.2 Å².